The molecule has 3 fully saturated rings. The molecular formula is C13H23N. The first-order chi connectivity index (χ1) is 6.92. The van der Waals surface area contributed by atoms with E-state index in [1.807, 2.05) is 0 Å². The van der Waals surface area contributed by atoms with Gasteiger partial charge in [0.1, 0.15) is 0 Å². The van der Waals surface area contributed by atoms with E-state index in [2.05, 4.69) is 4.90 Å². The number of nitrogens with zero attached hydrogens (tertiary/aromatic N) is 1. The molecule has 0 radical (unpaired) electrons. The van der Waals surface area contributed by atoms with Crippen LogP contribution in [0.25, 0.3) is 0 Å². The molecule has 3 atom stereocenters. The van der Waals surface area contributed by atoms with E-state index in [1.54, 1.807) is 25.7 Å². The van der Waals surface area contributed by atoms with Crippen molar-refractivity contribution >= 4 is 0 Å². The Balaban J connectivity index is 1.52. The minimum atomic E-state index is 1.09. The highest BCUT2D eigenvalue weighted by Crippen LogP contribution is 2.48. The van der Waals surface area contributed by atoms with E-state index in [-0.39, 0.29) is 0 Å². The van der Waals surface area contributed by atoms with Crippen LogP contribution in [0, 0.1) is 17.8 Å². The van der Waals surface area contributed by atoms with Crippen molar-refractivity contribution in [1.29, 1.82) is 0 Å². The quantitative estimate of drug-likeness (QED) is 0.652. The Hall–Kier alpha value is -0.0400. The van der Waals surface area contributed by atoms with Crippen LogP contribution in [0.1, 0.15) is 44.9 Å². The first-order valence-corrected chi connectivity index (χ1v) is 6.64. The third-order valence-corrected chi connectivity index (χ3v) is 4.83. The average molecular weight is 193 g/mol. The van der Waals surface area contributed by atoms with Crippen molar-refractivity contribution in [3.63, 3.8) is 0 Å². The van der Waals surface area contributed by atoms with Crippen LogP contribution in [-0.4, -0.2) is 24.5 Å². The summed E-state index contributed by atoms with van der Waals surface area (Å²) in [7, 11) is 0. The van der Waals surface area contributed by atoms with Crippen LogP contribution >= 0.6 is 0 Å². The van der Waals surface area contributed by atoms with Gasteiger partial charge in [0.15, 0.2) is 0 Å². The van der Waals surface area contributed by atoms with Crippen molar-refractivity contribution < 1.29 is 0 Å². The molecule has 1 heterocycles. The Morgan fingerprint density at radius 3 is 2.43 bits per heavy atom. The molecule has 3 aliphatic rings. The minimum absolute atomic E-state index is 1.09. The molecular weight excluding hydrogens is 170 g/mol. The van der Waals surface area contributed by atoms with Gasteiger partial charge in [0, 0.05) is 6.54 Å². The molecule has 3 unspecified atom stereocenters. The summed E-state index contributed by atoms with van der Waals surface area (Å²) in [5, 5.41) is 0. The predicted molar refractivity (Wildman–Crippen MR) is 59.2 cm³/mol. The van der Waals surface area contributed by atoms with E-state index in [1.165, 1.54) is 38.9 Å². The lowest BCUT2D eigenvalue weighted by Crippen LogP contribution is -2.35. The molecule has 1 heteroatoms. The molecule has 2 aliphatic carbocycles. The van der Waals surface area contributed by atoms with Gasteiger partial charge in [-0.3, -0.25) is 0 Å². The third-order valence-electron chi connectivity index (χ3n) is 4.83. The van der Waals surface area contributed by atoms with Gasteiger partial charge < -0.3 is 4.90 Å². The lowest BCUT2D eigenvalue weighted by Gasteiger charge is -2.32. The van der Waals surface area contributed by atoms with Crippen molar-refractivity contribution in [2.24, 2.45) is 17.8 Å². The predicted octanol–water partition coefficient (Wildman–Crippen LogP) is 2.91. The maximum absolute atomic E-state index is 2.74. The van der Waals surface area contributed by atoms with Crippen LogP contribution in [0.3, 0.4) is 0 Å². The summed E-state index contributed by atoms with van der Waals surface area (Å²) in [5.41, 5.74) is 0. The van der Waals surface area contributed by atoms with Gasteiger partial charge in [0.2, 0.25) is 0 Å². The Morgan fingerprint density at radius 2 is 1.79 bits per heavy atom. The summed E-state index contributed by atoms with van der Waals surface area (Å²) in [6, 6.07) is 0. The highest BCUT2D eigenvalue weighted by atomic mass is 15.1. The van der Waals surface area contributed by atoms with E-state index < -0.39 is 0 Å². The summed E-state index contributed by atoms with van der Waals surface area (Å²) in [6.45, 7) is 4.24. The van der Waals surface area contributed by atoms with Gasteiger partial charge in [0.05, 0.1) is 0 Å². The monoisotopic (exact) mass is 193 g/mol. The van der Waals surface area contributed by atoms with Gasteiger partial charge in [-0.05, 0) is 62.9 Å². The Kier molecular flexibility index (Phi) is 2.53. The van der Waals surface area contributed by atoms with E-state index in [4.69, 9.17) is 0 Å². The molecule has 0 aromatic carbocycles. The molecule has 2 bridgehead atoms. The molecule has 0 amide bonds. The largest absolute Gasteiger partial charge is 0.303 e. The van der Waals surface area contributed by atoms with Crippen molar-refractivity contribution in [2.75, 3.05) is 19.6 Å². The second kappa shape index (κ2) is 3.84. The van der Waals surface area contributed by atoms with Gasteiger partial charge in [-0.2, -0.15) is 0 Å². The molecule has 0 spiro atoms. The SMILES string of the molecule is C1CCN(CC2CC3CCC2C3)CC1. The van der Waals surface area contributed by atoms with Gasteiger partial charge in [-0.1, -0.05) is 12.8 Å². The van der Waals surface area contributed by atoms with Gasteiger partial charge in [-0.15, -0.1) is 0 Å². The van der Waals surface area contributed by atoms with Crippen LogP contribution in [-0.2, 0) is 0 Å². The lowest BCUT2D eigenvalue weighted by molar-refractivity contribution is 0.165. The number of hydrogen-bond acceptors (Lipinski definition) is 1. The van der Waals surface area contributed by atoms with Crippen molar-refractivity contribution in [3.05, 3.63) is 0 Å². The summed E-state index contributed by atoms with van der Waals surface area (Å²) in [4.78, 5) is 2.74. The highest BCUT2D eigenvalue weighted by molar-refractivity contribution is 4.91. The fourth-order valence-electron chi connectivity index (χ4n) is 4.07. The second-order valence-corrected chi connectivity index (χ2v) is 5.80. The molecule has 0 N–H and O–H groups in total. The van der Waals surface area contributed by atoms with Crippen LogP contribution in [0.2, 0.25) is 0 Å². The number of piperidine rings is 1. The van der Waals surface area contributed by atoms with Gasteiger partial charge >= 0.3 is 0 Å². The van der Waals surface area contributed by atoms with Crippen LogP contribution < -0.4 is 0 Å². The molecule has 2 saturated carbocycles. The zero-order chi connectivity index (χ0) is 9.38. The molecule has 14 heavy (non-hydrogen) atoms. The summed E-state index contributed by atoms with van der Waals surface area (Å²) < 4.78 is 0. The van der Waals surface area contributed by atoms with Gasteiger partial charge in [0.25, 0.3) is 0 Å². The normalized spacial score (nSPS) is 43.3. The summed E-state index contributed by atoms with van der Waals surface area (Å²) >= 11 is 0. The maximum atomic E-state index is 2.74. The number of fused-ring (bicyclic) bond motifs is 2. The second-order valence-electron chi connectivity index (χ2n) is 5.80. The summed E-state index contributed by atoms with van der Waals surface area (Å²) in [6.07, 6.45) is 10.7. The van der Waals surface area contributed by atoms with Crippen LogP contribution in [0.5, 0.6) is 0 Å². The number of rotatable bonds is 2. The number of likely N-dealkylation sites (tertiary alicyclic amines) is 1. The van der Waals surface area contributed by atoms with Gasteiger partial charge in [-0.25, -0.2) is 0 Å². The summed E-state index contributed by atoms with van der Waals surface area (Å²) in [5.74, 6) is 3.35. The van der Waals surface area contributed by atoms with E-state index in [0.29, 0.717) is 0 Å². The molecule has 1 aliphatic heterocycles. The fraction of sp³-hybridized carbons (Fsp3) is 1.00. The van der Waals surface area contributed by atoms with E-state index in [0.717, 1.165) is 17.8 Å². The zero-order valence-electron chi connectivity index (χ0n) is 9.25. The first kappa shape index (κ1) is 9.21. The first-order valence-electron chi connectivity index (χ1n) is 6.64. The minimum Gasteiger partial charge on any atom is -0.303 e. The van der Waals surface area contributed by atoms with Crippen LogP contribution in [0.15, 0.2) is 0 Å². The zero-order valence-corrected chi connectivity index (χ0v) is 9.25. The topological polar surface area (TPSA) is 3.24 Å². The van der Waals surface area contributed by atoms with Crippen molar-refractivity contribution in [2.45, 2.75) is 44.9 Å². The maximum Gasteiger partial charge on any atom is 0.00124 e. The Morgan fingerprint density at radius 1 is 0.929 bits per heavy atom. The van der Waals surface area contributed by atoms with E-state index >= 15 is 0 Å². The molecule has 1 nitrogen and oxygen atoms in total. The molecule has 1 saturated heterocycles. The fourth-order valence-corrected chi connectivity index (χ4v) is 4.07. The standard InChI is InChI=1S/C13H23N/c1-2-6-14(7-3-1)10-13-9-11-4-5-12(13)8-11/h11-13H,1-10H2. The van der Waals surface area contributed by atoms with Crippen molar-refractivity contribution in [1.82, 2.24) is 4.90 Å². The number of hydrogen-bond donors (Lipinski definition) is 0. The lowest BCUT2D eigenvalue weighted by atomic mass is 9.88. The molecule has 3 rings (SSSR count). The smallest absolute Gasteiger partial charge is 0.00124 e. The van der Waals surface area contributed by atoms with Crippen molar-refractivity contribution in [3.8, 4) is 0 Å². The van der Waals surface area contributed by atoms with E-state index in [9.17, 15) is 0 Å². The van der Waals surface area contributed by atoms with Crippen LogP contribution in [0.4, 0.5) is 0 Å². The average Bonchev–Trinajstić information content (AvgIpc) is 2.81. The Bertz CT molecular complexity index is 195. The third kappa shape index (κ3) is 1.71. The Labute approximate surface area is 87.9 Å². The highest BCUT2D eigenvalue weighted by Gasteiger charge is 2.39. The molecule has 0 aromatic heterocycles. The molecule has 80 valence electrons. The molecule has 0 aromatic rings.